The molecule has 2 rings (SSSR count). The van der Waals surface area contributed by atoms with E-state index in [9.17, 15) is 8.78 Å². The number of hydrogen-bond acceptors (Lipinski definition) is 1. The molecule has 0 unspecified atom stereocenters. The van der Waals surface area contributed by atoms with Crippen LogP contribution in [0.25, 0.3) is 0 Å². The lowest BCUT2D eigenvalue weighted by Gasteiger charge is -2.29. The molecular formula is C20H30F2O. The first-order chi connectivity index (χ1) is 11.2. The van der Waals surface area contributed by atoms with Gasteiger partial charge in [-0.1, -0.05) is 45.6 Å². The number of halogens is 2. The highest BCUT2D eigenvalue weighted by Crippen LogP contribution is 2.39. The molecule has 0 heterocycles. The van der Waals surface area contributed by atoms with Crippen LogP contribution in [0.15, 0.2) is 12.1 Å². The Hall–Kier alpha value is -1.12. The van der Waals surface area contributed by atoms with Gasteiger partial charge in [0.25, 0.3) is 0 Å². The van der Waals surface area contributed by atoms with Gasteiger partial charge in [0.2, 0.25) is 5.82 Å². The molecule has 3 heteroatoms. The van der Waals surface area contributed by atoms with E-state index < -0.39 is 11.6 Å². The van der Waals surface area contributed by atoms with Crippen LogP contribution in [-0.4, -0.2) is 6.61 Å². The lowest BCUT2D eigenvalue weighted by molar-refractivity contribution is 0.281. The first kappa shape index (κ1) is 18.2. The summed E-state index contributed by atoms with van der Waals surface area (Å²) in [5, 5.41) is 0. The number of unbranched alkanes of at least 4 members (excludes halogenated alkanes) is 2. The maximum Gasteiger partial charge on any atom is 0.200 e. The third-order valence-electron chi connectivity index (χ3n) is 5.07. The quantitative estimate of drug-likeness (QED) is 0.489. The van der Waals surface area contributed by atoms with E-state index in [1.165, 1.54) is 12.8 Å². The Morgan fingerprint density at radius 3 is 2.35 bits per heavy atom. The minimum Gasteiger partial charge on any atom is -0.490 e. The van der Waals surface area contributed by atoms with Gasteiger partial charge in [-0.3, -0.25) is 0 Å². The van der Waals surface area contributed by atoms with Gasteiger partial charge in [-0.25, -0.2) is 4.39 Å². The van der Waals surface area contributed by atoms with Crippen molar-refractivity contribution in [3.05, 3.63) is 29.3 Å². The molecule has 0 bridgehead atoms. The fraction of sp³-hybridized carbons (Fsp3) is 0.700. The highest BCUT2D eigenvalue weighted by Gasteiger charge is 2.26. The van der Waals surface area contributed by atoms with Gasteiger partial charge in [0, 0.05) is 0 Å². The molecule has 0 amide bonds. The van der Waals surface area contributed by atoms with Crippen molar-refractivity contribution < 1.29 is 13.5 Å². The molecule has 1 nitrogen and oxygen atoms in total. The Balaban J connectivity index is 1.97. The fourth-order valence-electron chi connectivity index (χ4n) is 3.68. The van der Waals surface area contributed by atoms with Crippen molar-refractivity contribution in [1.82, 2.24) is 0 Å². The summed E-state index contributed by atoms with van der Waals surface area (Å²) in [5.74, 6) is -0.522. The van der Waals surface area contributed by atoms with Crippen LogP contribution in [-0.2, 0) is 0 Å². The van der Waals surface area contributed by atoms with Gasteiger partial charge in [-0.15, -0.1) is 0 Å². The molecule has 0 saturated heterocycles. The topological polar surface area (TPSA) is 9.23 Å². The van der Waals surface area contributed by atoms with Crippen LogP contribution in [0.4, 0.5) is 8.78 Å². The van der Waals surface area contributed by atoms with Crippen molar-refractivity contribution in [2.45, 2.75) is 77.6 Å². The average Bonchev–Trinajstić information content (AvgIpc) is 2.57. The van der Waals surface area contributed by atoms with Crippen LogP contribution in [0.1, 0.15) is 83.1 Å². The predicted octanol–water partition coefficient (Wildman–Crippen LogP) is 6.61. The van der Waals surface area contributed by atoms with Crippen LogP contribution in [0.5, 0.6) is 5.75 Å². The van der Waals surface area contributed by atoms with Crippen LogP contribution in [0, 0.1) is 17.6 Å². The molecule has 1 aliphatic rings. The molecular weight excluding hydrogens is 294 g/mol. The minimum atomic E-state index is -0.810. The number of benzene rings is 1. The first-order valence-electron chi connectivity index (χ1n) is 9.28. The minimum absolute atomic E-state index is 0.0574. The van der Waals surface area contributed by atoms with Gasteiger partial charge in [0.05, 0.1) is 6.61 Å². The lowest BCUT2D eigenvalue weighted by atomic mass is 9.77. The summed E-state index contributed by atoms with van der Waals surface area (Å²) in [7, 11) is 0. The Kier molecular flexibility index (Phi) is 7.32. The number of hydrogen-bond donors (Lipinski definition) is 0. The predicted molar refractivity (Wildman–Crippen MR) is 91.0 cm³/mol. The molecule has 0 aromatic heterocycles. The van der Waals surface area contributed by atoms with Crippen LogP contribution < -0.4 is 4.74 Å². The van der Waals surface area contributed by atoms with E-state index in [2.05, 4.69) is 13.8 Å². The van der Waals surface area contributed by atoms with E-state index in [1.54, 1.807) is 12.1 Å². The van der Waals surface area contributed by atoms with E-state index in [0.29, 0.717) is 12.2 Å². The molecule has 130 valence electrons. The van der Waals surface area contributed by atoms with Crippen molar-refractivity contribution in [3.8, 4) is 5.75 Å². The molecule has 1 fully saturated rings. The summed E-state index contributed by atoms with van der Waals surface area (Å²) in [5.41, 5.74) is 0.540. The van der Waals surface area contributed by atoms with E-state index in [4.69, 9.17) is 4.74 Å². The molecule has 0 radical (unpaired) electrons. The zero-order valence-electron chi connectivity index (χ0n) is 14.5. The summed E-state index contributed by atoms with van der Waals surface area (Å²) < 4.78 is 34.0. The van der Waals surface area contributed by atoms with Gasteiger partial charge >= 0.3 is 0 Å². The summed E-state index contributed by atoms with van der Waals surface area (Å²) in [4.78, 5) is 0. The Morgan fingerprint density at radius 2 is 1.70 bits per heavy atom. The van der Waals surface area contributed by atoms with Crippen LogP contribution >= 0.6 is 0 Å². The van der Waals surface area contributed by atoms with Crippen LogP contribution in [0.3, 0.4) is 0 Å². The van der Waals surface area contributed by atoms with Crippen molar-refractivity contribution in [2.24, 2.45) is 5.92 Å². The molecule has 0 spiro atoms. The highest BCUT2D eigenvalue weighted by atomic mass is 19.2. The zero-order chi connectivity index (χ0) is 16.7. The van der Waals surface area contributed by atoms with Gasteiger partial charge in [0.1, 0.15) is 0 Å². The number of ether oxygens (including phenoxy) is 1. The third kappa shape index (κ3) is 4.92. The molecule has 0 aliphatic heterocycles. The molecule has 23 heavy (non-hydrogen) atoms. The fourth-order valence-corrected chi connectivity index (χ4v) is 3.68. The Labute approximate surface area is 139 Å². The number of rotatable bonds is 8. The third-order valence-corrected chi connectivity index (χ3v) is 5.07. The second-order valence-electron chi connectivity index (χ2n) is 6.84. The van der Waals surface area contributed by atoms with E-state index >= 15 is 0 Å². The highest BCUT2D eigenvalue weighted by molar-refractivity contribution is 5.33. The van der Waals surface area contributed by atoms with Gasteiger partial charge < -0.3 is 4.74 Å². The molecule has 0 N–H and O–H groups in total. The maximum atomic E-state index is 14.4. The van der Waals surface area contributed by atoms with Gasteiger partial charge in [0.15, 0.2) is 11.6 Å². The monoisotopic (exact) mass is 324 g/mol. The Morgan fingerprint density at radius 1 is 0.957 bits per heavy atom. The zero-order valence-corrected chi connectivity index (χ0v) is 14.5. The normalized spacial score (nSPS) is 21.4. The standard InChI is InChI=1S/C20H30F2O/c1-3-5-6-14-23-18-13-12-17(19(21)20(18)22)16-10-8-15(7-4-2)9-11-16/h12-13,15-16H,3-11,14H2,1-2H3. The van der Waals surface area contributed by atoms with Gasteiger partial charge in [-0.2, -0.15) is 4.39 Å². The second-order valence-corrected chi connectivity index (χ2v) is 6.84. The maximum absolute atomic E-state index is 14.4. The SMILES string of the molecule is CCCCCOc1ccc(C2CCC(CCC)CC2)c(F)c1F. The molecule has 1 aromatic rings. The van der Waals surface area contributed by atoms with Crippen molar-refractivity contribution in [3.63, 3.8) is 0 Å². The summed E-state index contributed by atoms with van der Waals surface area (Å²) in [6.07, 6.45) is 9.68. The second kappa shape index (κ2) is 9.24. The summed E-state index contributed by atoms with van der Waals surface area (Å²) in [6, 6.07) is 3.34. The van der Waals surface area contributed by atoms with E-state index in [0.717, 1.165) is 50.9 Å². The molecule has 1 aliphatic carbocycles. The molecule has 0 atom stereocenters. The molecule has 1 saturated carbocycles. The van der Waals surface area contributed by atoms with Crippen molar-refractivity contribution in [2.75, 3.05) is 6.61 Å². The first-order valence-corrected chi connectivity index (χ1v) is 9.28. The van der Waals surface area contributed by atoms with E-state index in [1.807, 2.05) is 0 Å². The van der Waals surface area contributed by atoms with Crippen molar-refractivity contribution in [1.29, 1.82) is 0 Å². The van der Waals surface area contributed by atoms with E-state index in [-0.39, 0.29) is 11.7 Å². The smallest absolute Gasteiger partial charge is 0.200 e. The van der Waals surface area contributed by atoms with Crippen LogP contribution in [0.2, 0.25) is 0 Å². The molecule has 1 aromatic carbocycles. The van der Waals surface area contributed by atoms with Gasteiger partial charge in [-0.05, 0) is 55.6 Å². The van der Waals surface area contributed by atoms with Crippen molar-refractivity contribution >= 4 is 0 Å². The Bertz CT molecular complexity index is 479. The summed E-state index contributed by atoms with van der Waals surface area (Å²) in [6.45, 7) is 4.76. The average molecular weight is 324 g/mol. The lowest BCUT2D eigenvalue weighted by Crippen LogP contribution is -2.15. The largest absolute Gasteiger partial charge is 0.490 e. The summed E-state index contributed by atoms with van der Waals surface area (Å²) >= 11 is 0.